The van der Waals surface area contributed by atoms with Gasteiger partial charge >= 0.3 is 0 Å². The van der Waals surface area contributed by atoms with Crippen LogP contribution in [-0.2, 0) is 0 Å². The van der Waals surface area contributed by atoms with Gasteiger partial charge in [0.2, 0.25) is 0 Å². The molecular formula is C25H22N4O3S. The second-order valence-corrected chi connectivity index (χ2v) is 8.09. The van der Waals surface area contributed by atoms with Crippen LogP contribution in [0.25, 0.3) is 10.7 Å². The third kappa shape index (κ3) is 5.42. The first-order valence-corrected chi connectivity index (χ1v) is 11.2. The Kier molecular flexibility index (Phi) is 6.75. The van der Waals surface area contributed by atoms with Gasteiger partial charge in [0.25, 0.3) is 11.8 Å². The number of carbonyl (C=O) groups excluding carboxylic acids is 2. The summed E-state index contributed by atoms with van der Waals surface area (Å²) in [5, 5.41) is 6.40. The van der Waals surface area contributed by atoms with E-state index in [4.69, 9.17) is 4.74 Å². The number of anilines is 2. The summed E-state index contributed by atoms with van der Waals surface area (Å²) in [4.78, 5) is 34.6. The van der Waals surface area contributed by atoms with Crippen LogP contribution in [-0.4, -0.2) is 28.4 Å². The largest absolute Gasteiger partial charge is 0.494 e. The smallest absolute Gasteiger partial charge is 0.267 e. The maximum Gasteiger partial charge on any atom is 0.267 e. The first-order valence-electron chi connectivity index (χ1n) is 10.4. The Balaban J connectivity index is 1.40. The van der Waals surface area contributed by atoms with Crippen LogP contribution >= 0.6 is 11.3 Å². The van der Waals surface area contributed by atoms with Crippen molar-refractivity contribution in [3.8, 4) is 16.5 Å². The lowest BCUT2D eigenvalue weighted by Gasteiger charge is -2.08. The summed E-state index contributed by atoms with van der Waals surface area (Å²) in [6.45, 7) is 4.30. The van der Waals surface area contributed by atoms with Crippen molar-refractivity contribution < 1.29 is 14.3 Å². The summed E-state index contributed by atoms with van der Waals surface area (Å²) in [5.74, 6) is 0.257. The van der Waals surface area contributed by atoms with Gasteiger partial charge in [-0.15, -0.1) is 11.3 Å². The Bertz CT molecular complexity index is 1250. The fourth-order valence-electron chi connectivity index (χ4n) is 3.10. The lowest BCUT2D eigenvalue weighted by atomic mass is 10.2. The van der Waals surface area contributed by atoms with Crippen LogP contribution in [0.1, 0.15) is 32.6 Å². The van der Waals surface area contributed by atoms with Gasteiger partial charge in [-0.1, -0.05) is 6.07 Å². The molecule has 8 heteroatoms. The van der Waals surface area contributed by atoms with Gasteiger partial charge in [0.1, 0.15) is 15.6 Å². The van der Waals surface area contributed by atoms with E-state index in [1.54, 1.807) is 61.7 Å². The van der Waals surface area contributed by atoms with E-state index in [9.17, 15) is 9.59 Å². The normalized spacial score (nSPS) is 10.5. The third-order valence-electron chi connectivity index (χ3n) is 4.71. The molecule has 2 N–H and O–H groups in total. The van der Waals surface area contributed by atoms with Crippen LogP contribution < -0.4 is 15.4 Å². The van der Waals surface area contributed by atoms with Gasteiger partial charge in [-0.3, -0.25) is 14.6 Å². The SMILES string of the molecule is CCOc1ccc(NC(=O)c2ccc(NC(=O)c3sc(-c4ccccn4)nc3C)cc2)cc1. The highest BCUT2D eigenvalue weighted by Gasteiger charge is 2.17. The highest BCUT2D eigenvalue weighted by atomic mass is 32.1. The number of carbonyl (C=O) groups is 2. The van der Waals surface area contributed by atoms with Crippen molar-refractivity contribution in [2.75, 3.05) is 17.2 Å². The molecule has 0 fully saturated rings. The van der Waals surface area contributed by atoms with Crippen LogP contribution in [0, 0.1) is 6.92 Å². The number of rotatable bonds is 7. The minimum absolute atomic E-state index is 0.240. The molecule has 7 nitrogen and oxygen atoms in total. The quantitative estimate of drug-likeness (QED) is 0.386. The van der Waals surface area contributed by atoms with Crippen molar-refractivity contribution in [1.82, 2.24) is 9.97 Å². The summed E-state index contributed by atoms with van der Waals surface area (Å²) < 4.78 is 5.40. The van der Waals surface area contributed by atoms with Gasteiger partial charge in [0.15, 0.2) is 0 Å². The maximum absolute atomic E-state index is 12.8. The van der Waals surface area contributed by atoms with Crippen molar-refractivity contribution in [3.63, 3.8) is 0 Å². The Hall–Kier alpha value is -4.04. The Morgan fingerprint density at radius 3 is 2.21 bits per heavy atom. The molecule has 33 heavy (non-hydrogen) atoms. The Morgan fingerprint density at radius 2 is 1.58 bits per heavy atom. The first-order chi connectivity index (χ1) is 16.0. The van der Waals surface area contributed by atoms with E-state index in [-0.39, 0.29) is 11.8 Å². The predicted octanol–water partition coefficient (Wildman–Crippen LogP) is 5.42. The highest BCUT2D eigenvalue weighted by molar-refractivity contribution is 7.17. The van der Waals surface area contributed by atoms with Gasteiger partial charge in [0, 0.05) is 23.1 Å². The van der Waals surface area contributed by atoms with Gasteiger partial charge in [-0.2, -0.15) is 0 Å². The zero-order valence-electron chi connectivity index (χ0n) is 18.2. The zero-order chi connectivity index (χ0) is 23.2. The average Bonchev–Trinajstić information content (AvgIpc) is 3.23. The number of nitrogens with one attached hydrogen (secondary N) is 2. The predicted molar refractivity (Wildman–Crippen MR) is 130 cm³/mol. The average molecular weight is 459 g/mol. The van der Waals surface area contributed by atoms with E-state index < -0.39 is 0 Å². The lowest BCUT2D eigenvalue weighted by molar-refractivity contribution is 0.102. The fourth-order valence-corrected chi connectivity index (χ4v) is 4.04. The molecule has 0 aliphatic carbocycles. The first kappa shape index (κ1) is 22.2. The molecule has 0 aliphatic heterocycles. The van der Waals surface area contributed by atoms with Gasteiger partial charge in [-0.05, 0) is 74.5 Å². The number of hydrogen-bond acceptors (Lipinski definition) is 6. The molecule has 2 amide bonds. The molecule has 0 bridgehead atoms. The molecule has 0 unspecified atom stereocenters. The number of aryl methyl sites for hydroxylation is 1. The van der Waals surface area contributed by atoms with Crippen LogP contribution in [0.3, 0.4) is 0 Å². The number of hydrogen-bond donors (Lipinski definition) is 2. The summed E-state index contributed by atoms with van der Waals surface area (Å²) in [6.07, 6.45) is 1.69. The van der Waals surface area contributed by atoms with Crippen LogP contribution in [0.2, 0.25) is 0 Å². The standard InChI is InChI=1S/C25H22N4O3S/c1-3-32-20-13-11-19(12-14-20)28-23(30)17-7-9-18(10-8-17)29-24(31)22-16(2)27-25(33-22)21-6-4-5-15-26-21/h4-15H,3H2,1-2H3,(H,28,30)(H,29,31). The zero-order valence-corrected chi connectivity index (χ0v) is 19.0. The number of ether oxygens (including phenoxy) is 1. The minimum Gasteiger partial charge on any atom is -0.494 e. The minimum atomic E-state index is -0.251. The van der Waals surface area contributed by atoms with Gasteiger partial charge in [0.05, 0.1) is 18.0 Å². The highest BCUT2D eigenvalue weighted by Crippen LogP contribution is 2.27. The van der Waals surface area contributed by atoms with E-state index in [1.807, 2.05) is 25.1 Å². The lowest BCUT2D eigenvalue weighted by Crippen LogP contribution is -2.13. The Labute approximate surface area is 195 Å². The molecule has 2 aromatic carbocycles. The monoisotopic (exact) mass is 458 g/mol. The molecule has 4 rings (SSSR count). The van der Waals surface area contributed by atoms with Crippen molar-refractivity contribution in [3.05, 3.63) is 89.1 Å². The molecule has 166 valence electrons. The molecule has 0 spiro atoms. The number of pyridine rings is 1. The van der Waals surface area contributed by atoms with Crippen LogP contribution in [0.5, 0.6) is 5.75 Å². The Morgan fingerprint density at radius 1 is 0.909 bits per heavy atom. The van der Waals surface area contributed by atoms with Crippen molar-refractivity contribution in [2.24, 2.45) is 0 Å². The topological polar surface area (TPSA) is 93.2 Å². The van der Waals surface area contributed by atoms with E-state index in [1.165, 1.54) is 11.3 Å². The third-order valence-corrected chi connectivity index (χ3v) is 5.89. The number of benzene rings is 2. The van der Waals surface area contributed by atoms with E-state index in [0.29, 0.717) is 39.1 Å². The summed E-state index contributed by atoms with van der Waals surface area (Å²) in [5.41, 5.74) is 3.11. The van der Waals surface area contributed by atoms with Gasteiger partial charge < -0.3 is 15.4 Å². The molecule has 0 saturated carbocycles. The molecule has 2 aromatic heterocycles. The van der Waals surface area contributed by atoms with Gasteiger partial charge in [-0.25, -0.2) is 4.98 Å². The molecule has 0 atom stereocenters. The second-order valence-electron chi connectivity index (χ2n) is 7.09. The van der Waals surface area contributed by atoms with E-state index >= 15 is 0 Å². The van der Waals surface area contributed by atoms with Crippen LogP contribution in [0.15, 0.2) is 72.9 Å². The molecule has 2 heterocycles. The summed E-state index contributed by atoms with van der Waals surface area (Å²) in [6, 6.07) is 19.5. The van der Waals surface area contributed by atoms with Crippen molar-refractivity contribution >= 4 is 34.5 Å². The molecular weight excluding hydrogens is 436 g/mol. The molecule has 4 aromatic rings. The van der Waals surface area contributed by atoms with E-state index in [2.05, 4.69) is 20.6 Å². The number of aromatic nitrogens is 2. The summed E-state index contributed by atoms with van der Waals surface area (Å²) in [7, 11) is 0. The molecule has 0 radical (unpaired) electrons. The number of thiazole rings is 1. The number of nitrogens with zero attached hydrogens (tertiary/aromatic N) is 2. The second kappa shape index (κ2) is 10.1. The van der Waals surface area contributed by atoms with Crippen molar-refractivity contribution in [1.29, 1.82) is 0 Å². The summed E-state index contributed by atoms with van der Waals surface area (Å²) >= 11 is 1.29. The maximum atomic E-state index is 12.8. The fraction of sp³-hybridized carbons (Fsp3) is 0.120. The van der Waals surface area contributed by atoms with Crippen LogP contribution in [0.4, 0.5) is 11.4 Å². The van der Waals surface area contributed by atoms with Crippen molar-refractivity contribution in [2.45, 2.75) is 13.8 Å². The number of amides is 2. The molecule has 0 saturated heterocycles. The van der Waals surface area contributed by atoms with E-state index in [0.717, 1.165) is 11.4 Å². The molecule has 0 aliphatic rings.